The highest BCUT2D eigenvalue weighted by Gasteiger charge is 2.19. The number of carbonyl (C=O) groups is 1. The quantitative estimate of drug-likeness (QED) is 0.692. The van der Waals surface area contributed by atoms with Gasteiger partial charge >= 0.3 is 0 Å². The van der Waals surface area contributed by atoms with Crippen molar-refractivity contribution < 1.29 is 19.0 Å². The lowest BCUT2D eigenvalue weighted by Crippen LogP contribution is -2.32. The number of carbonyl (C=O) groups excluding carboxylic acids is 1. The lowest BCUT2D eigenvalue weighted by atomic mass is 10.1. The van der Waals surface area contributed by atoms with E-state index in [1.54, 1.807) is 42.6 Å². The number of hydrogen-bond acceptors (Lipinski definition) is 5. The zero-order valence-electron chi connectivity index (χ0n) is 17.1. The van der Waals surface area contributed by atoms with E-state index < -0.39 is 0 Å². The molecule has 7 nitrogen and oxygen atoms in total. The first-order chi connectivity index (χ1) is 13.9. The fourth-order valence-electron chi connectivity index (χ4n) is 3.21. The maximum atomic E-state index is 13.2. The first-order valence-corrected chi connectivity index (χ1v) is 9.16. The molecule has 1 N–H and O–H groups in total. The molecule has 0 aliphatic heterocycles. The van der Waals surface area contributed by atoms with Gasteiger partial charge in [0, 0.05) is 35.1 Å². The molecule has 7 heteroatoms. The summed E-state index contributed by atoms with van der Waals surface area (Å²) in [5.74, 6) is 0.993. The summed E-state index contributed by atoms with van der Waals surface area (Å²) in [6, 6.07) is 10.3. The minimum Gasteiger partial charge on any atom is -0.493 e. The van der Waals surface area contributed by atoms with Gasteiger partial charge < -0.3 is 19.5 Å². The van der Waals surface area contributed by atoms with Crippen molar-refractivity contribution in [2.75, 3.05) is 21.3 Å². The van der Waals surface area contributed by atoms with Crippen LogP contribution in [0.1, 0.15) is 24.2 Å². The van der Waals surface area contributed by atoms with Gasteiger partial charge in [0.2, 0.25) is 5.75 Å². The van der Waals surface area contributed by atoms with E-state index in [0.29, 0.717) is 39.3 Å². The number of aromatic nitrogens is 1. The average molecular weight is 396 g/mol. The van der Waals surface area contributed by atoms with Crippen LogP contribution in [0.15, 0.2) is 47.4 Å². The van der Waals surface area contributed by atoms with Gasteiger partial charge in [0.25, 0.3) is 11.5 Å². The molecule has 0 saturated carbocycles. The number of pyridine rings is 1. The minimum atomic E-state index is -0.254. The Hall–Kier alpha value is -3.48. The molecule has 0 spiro atoms. The second kappa shape index (κ2) is 8.26. The highest BCUT2D eigenvalue weighted by molar-refractivity contribution is 6.06. The van der Waals surface area contributed by atoms with Crippen LogP contribution in [0.4, 0.5) is 0 Å². The maximum absolute atomic E-state index is 13.2. The molecular formula is C22H24N2O5. The van der Waals surface area contributed by atoms with E-state index in [2.05, 4.69) is 5.32 Å². The molecule has 3 aromatic rings. The molecule has 0 aliphatic rings. The third-order valence-corrected chi connectivity index (χ3v) is 4.52. The van der Waals surface area contributed by atoms with Crippen LogP contribution >= 0.6 is 0 Å². The van der Waals surface area contributed by atoms with Crippen molar-refractivity contribution in [3.63, 3.8) is 0 Å². The highest BCUT2D eigenvalue weighted by atomic mass is 16.5. The van der Waals surface area contributed by atoms with E-state index in [9.17, 15) is 9.59 Å². The normalized spacial score (nSPS) is 10.8. The van der Waals surface area contributed by atoms with E-state index in [0.717, 1.165) is 0 Å². The molecule has 2 aromatic carbocycles. The molecule has 0 unspecified atom stereocenters. The summed E-state index contributed by atoms with van der Waals surface area (Å²) >= 11 is 0. The molecule has 1 amide bonds. The predicted octanol–water partition coefficient (Wildman–Crippen LogP) is 3.15. The standard InChI is InChI=1S/C22H24N2O5/c1-13(2)23-21(25)17-12-24(22(26)16-9-7-6-8-15(16)17)14-10-18(27-3)20(29-5)19(11-14)28-4/h6-13H,1-5H3,(H,23,25). The van der Waals surface area contributed by atoms with Crippen molar-refractivity contribution >= 4 is 16.7 Å². The summed E-state index contributed by atoms with van der Waals surface area (Å²) in [6.45, 7) is 3.77. The van der Waals surface area contributed by atoms with E-state index >= 15 is 0 Å². The summed E-state index contributed by atoms with van der Waals surface area (Å²) in [6.07, 6.45) is 1.54. The smallest absolute Gasteiger partial charge is 0.263 e. The lowest BCUT2D eigenvalue weighted by molar-refractivity contribution is 0.0944. The van der Waals surface area contributed by atoms with Crippen molar-refractivity contribution in [2.24, 2.45) is 0 Å². The number of benzene rings is 2. The Morgan fingerprint density at radius 2 is 1.55 bits per heavy atom. The number of methoxy groups -OCH3 is 3. The average Bonchev–Trinajstić information content (AvgIpc) is 2.72. The zero-order valence-corrected chi connectivity index (χ0v) is 17.1. The first-order valence-electron chi connectivity index (χ1n) is 9.16. The van der Waals surface area contributed by atoms with Crippen LogP contribution in [0.5, 0.6) is 17.2 Å². The molecule has 1 heterocycles. The predicted molar refractivity (Wildman–Crippen MR) is 112 cm³/mol. The zero-order chi connectivity index (χ0) is 21.1. The van der Waals surface area contributed by atoms with Gasteiger partial charge in [-0.05, 0) is 19.9 Å². The van der Waals surface area contributed by atoms with E-state index in [4.69, 9.17) is 14.2 Å². The van der Waals surface area contributed by atoms with E-state index in [1.165, 1.54) is 25.9 Å². The van der Waals surface area contributed by atoms with Crippen LogP contribution in [0.3, 0.4) is 0 Å². The second-order valence-corrected chi connectivity index (χ2v) is 6.78. The molecule has 0 atom stereocenters. The monoisotopic (exact) mass is 396 g/mol. The van der Waals surface area contributed by atoms with Crippen molar-refractivity contribution in [1.29, 1.82) is 0 Å². The van der Waals surface area contributed by atoms with Gasteiger partial charge in [-0.2, -0.15) is 0 Å². The summed E-state index contributed by atoms with van der Waals surface area (Å²) < 4.78 is 17.6. The number of nitrogens with zero attached hydrogens (tertiary/aromatic N) is 1. The number of amides is 1. The van der Waals surface area contributed by atoms with Gasteiger partial charge in [-0.3, -0.25) is 14.2 Å². The molecule has 1 aromatic heterocycles. The Bertz CT molecular complexity index is 1090. The van der Waals surface area contributed by atoms with Crippen LogP contribution in [-0.2, 0) is 0 Å². The van der Waals surface area contributed by atoms with Gasteiger partial charge in [-0.25, -0.2) is 0 Å². The number of ether oxygens (including phenoxy) is 3. The largest absolute Gasteiger partial charge is 0.493 e. The molecule has 29 heavy (non-hydrogen) atoms. The van der Waals surface area contributed by atoms with Crippen LogP contribution in [0.2, 0.25) is 0 Å². The van der Waals surface area contributed by atoms with Crippen LogP contribution in [-0.4, -0.2) is 37.8 Å². The SMILES string of the molecule is COc1cc(-n2cc(C(=O)NC(C)C)c3ccccc3c2=O)cc(OC)c1OC. The summed E-state index contributed by atoms with van der Waals surface area (Å²) in [4.78, 5) is 26.0. The first kappa shape index (κ1) is 20.3. The summed E-state index contributed by atoms with van der Waals surface area (Å²) in [5, 5.41) is 3.93. The van der Waals surface area contributed by atoms with E-state index in [-0.39, 0.29) is 17.5 Å². The van der Waals surface area contributed by atoms with Crippen molar-refractivity contribution in [3.8, 4) is 22.9 Å². The Balaban J connectivity index is 2.32. The van der Waals surface area contributed by atoms with Crippen LogP contribution in [0, 0.1) is 0 Å². The Morgan fingerprint density at radius 3 is 2.07 bits per heavy atom. The summed E-state index contributed by atoms with van der Waals surface area (Å²) in [7, 11) is 4.52. The highest BCUT2D eigenvalue weighted by Crippen LogP contribution is 2.39. The Morgan fingerprint density at radius 1 is 0.966 bits per heavy atom. The van der Waals surface area contributed by atoms with Crippen molar-refractivity contribution in [2.45, 2.75) is 19.9 Å². The number of fused-ring (bicyclic) bond motifs is 1. The number of hydrogen-bond donors (Lipinski definition) is 1. The topological polar surface area (TPSA) is 78.8 Å². The maximum Gasteiger partial charge on any atom is 0.263 e. The van der Waals surface area contributed by atoms with E-state index in [1.807, 2.05) is 13.8 Å². The fourth-order valence-corrected chi connectivity index (χ4v) is 3.21. The van der Waals surface area contributed by atoms with Crippen LogP contribution < -0.4 is 25.1 Å². The molecule has 0 radical (unpaired) electrons. The number of nitrogens with one attached hydrogen (secondary N) is 1. The number of rotatable bonds is 6. The van der Waals surface area contributed by atoms with Gasteiger partial charge in [0.1, 0.15) is 0 Å². The fraction of sp³-hybridized carbons (Fsp3) is 0.273. The van der Waals surface area contributed by atoms with Gasteiger partial charge in [-0.15, -0.1) is 0 Å². The third kappa shape index (κ3) is 3.76. The Kier molecular flexibility index (Phi) is 5.77. The minimum absolute atomic E-state index is 0.0391. The van der Waals surface area contributed by atoms with Gasteiger partial charge in [0.15, 0.2) is 11.5 Å². The van der Waals surface area contributed by atoms with Crippen molar-refractivity contribution in [3.05, 3.63) is 58.5 Å². The molecule has 0 fully saturated rings. The molecule has 0 aliphatic carbocycles. The second-order valence-electron chi connectivity index (χ2n) is 6.78. The van der Waals surface area contributed by atoms with Crippen LogP contribution in [0.25, 0.3) is 16.5 Å². The molecule has 152 valence electrons. The molecule has 0 saturated heterocycles. The molecule has 0 bridgehead atoms. The molecular weight excluding hydrogens is 372 g/mol. The third-order valence-electron chi connectivity index (χ3n) is 4.52. The summed E-state index contributed by atoms with van der Waals surface area (Å²) in [5.41, 5.74) is 0.646. The Labute approximate surface area is 168 Å². The lowest BCUT2D eigenvalue weighted by Gasteiger charge is -2.17. The van der Waals surface area contributed by atoms with Gasteiger partial charge in [0.05, 0.1) is 32.6 Å². The van der Waals surface area contributed by atoms with Crippen molar-refractivity contribution in [1.82, 2.24) is 9.88 Å². The van der Waals surface area contributed by atoms with Gasteiger partial charge in [-0.1, -0.05) is 18.2 Å². The molecule has 3 rings (SSSR count).